The van der Waals surface area contributed by atoms with Gasteiger partial charge in [-0.25, -0.2) is 0 Å². The van der Waals surface area contributed by atoms with Gasteiger partial charge in [-0.1, -0.05) is 69.5 Å². The van der Waals surface area contributed by atoms with Crippen LogP contribution in [0, 0.1) is 0 Å². The second kappa shape index (κ2) is 7.89. The normalized spacial score (nSPS) is 20.9. The smallest absolute Gasteiger partial charge is 0.0610 e. The molecule has 1 aliphatic rings. The highest BCUT2D eigenvalue weighted by Gasteiger charge is 2.31. The Balaban J connectivity index is 2.52. The number of allylic oxidation sites excluding steroid dienone is 4. The molecule has 1 fully saturated rings. The Morgan fingerprint density at radius 2 is 1.25 bits per heavy atom. The van der Waals surface area contributed by atoms with Gasteiger partial charge in [0.1, 0.15) is 0 Å². The Bertz CT molecular complexity index is 204. The van der Waals surface area contributed by atoms with Crippen LogP contribution in [0.1, 0.15) is 46.0 Å². The molecule has 0 radical (unpaired) electrons. The molecule has 1 heterocycles. The topological polar surface area (TPSA) is 0 Å². The molecule has 0 unspecified atom stereocenters. The van der Waals surface area contributed by atoms with E-state index < -0.39 is 8.07 Å². The van der Waals surface area contributed by atoms with Gasteiger partial charge < -0.3 is 0 Å². The second-order valence-electron chi connectivity index (χ2n) is 5.23. The maximum absolute atomic E-state index is 2.48. The summed E-state index contributed by atoms with van der Waals surface area (Å²) in [5.41, 5.74) is 0. The maximum atomic E-state index is 2.48. The van der Waals surface area contributed by atoms with Crippen molar-refractivity contribution in [2.45, 2.75) is 70.1 Å². The molecule has 92 valence electrons. The maximum Gasteiger partial charge on any atom is 0.0610 e. The van der Waals surface area contributed by atoms with Crippen LogP contribution in [0.15, 0.2) is 24.3 Å². The molecular formula is C15H28Si. The minimum absolute atomic E-state index is 0.931. The van der Waals surface area contributed by atoms with Gasteiger partial charge in [0.15, 0.2) is 0 Å². The molecule has 1 rings (SSSR count). The summed E-state index contributed by atoms with van der Waals surface area (Å²) in [6.07, 6.45) is 16.6. The molecule has 1 saturated heterocycles. The standard InChI is InChI=1S/C15H28Si/c1-3-5-8-12-16(13-9-6-4-2)14-10-7-11-15-16/h5-6,8-9H,3-4,7,10-15H2,1-2H3/b8-5+,9-6+. The van der Waals surface area contributed by atoms with Gasteiger partial charge in [0.05, 0.1) is 8.07 Å². The van der Waals surface area contributed by atoms with Gasteiger partial charge >= 0.3 is 0 Å². The lowest BCUT2D eigenvalue weighted by Crippen LogP contribution is -2.34. The Morgan fingerprint density at radius 3 is 1.69 bits per heavy atom. The highest BCUT2D eigenvalue weighted by Crippen LogP contribution is 2.35. The molecule has 0 bridgehead atoms. The molecule has 1 aliphatic heterocycles. The third-order valence-electron chi connectivity index (χ3n) is 3.82. The number of hydrogen-bond acceptors (Lipinski definition) is 0. The fourth-order valence-electron chi connectivity index (χ4n) is 2.79. The van der Waals surface area contributed by atoms with Crippen LogP contribution < -0.4 is 0 Å². The first-order valence-electron chi connectivity index (χ1n) is 7.13. The SMILES string of the molecule is CC/C=C/C[Si]1(C/C=C/CC)CCCCC1. The van der Waals surface area contributed by atoms with Crippen LogP contribution >= 0.6 is 0 Å². The molecule has 0 amide bonds. The molecule has 16 heavy (non-hydrogen) atoms. The van der Waals surface area contributed by atoms with E-state index in [0.29, 0.717) is 0 Å². The van der Waals surface area contributed by atoms with Crippen LogP contribution in [0.3, 0.4) is 0 Å². The van der Waals surface area contributed by atoms with E-state index in [1.165, 1.54) is 44.2 Å². The van der Waals surface area contributed by atoms with E-state index in [1.54, 1.807) is 12.1 Å². The van der Waals surface area contributed by atoms with Gasteiger partial charge in [-0.3, -0.25) is 0 Å². The summed E-state index contributed by atoms with van der Waals surface area (Å²) in [4.78, 5) is 0. The molecule has 0 aliphatic carbocycles. The summed E-state index contributed by atoms with van der Waals surface area (Å²) in [7, 11) is -0.931. The Kier molecular flexibility index (Phi) is 6.78. The zero-order valence-corrected chi connectivity index (χ0v) is 12.2. The van der Waals surface area contributed by atoms with Crippen LogP contribution in [-0.2, 0) is 0 Å². The van der Waals surface area contributed by atoms with Crippen LogP contribution in [0.2, 0.25) is 24.2 Å². The van der Waals surface area contributed by atoms with Crippen molar-refractivity contribution in [3.05, 3.63) is 24.3 Å². The Labute approximate surface area is 103 Å². The van der Waals surface area contributed by atoms with Gasteiger partial charge in [0, 0.05) is 0 Å². The van der Waals surface area contributed by atoms with Crippen LogP contribution in [-0.4, -0.2) is 8.07 Å². The first-order chi connectivity index (χ1) is 7.83. The van der Waals surface area contributed by atoms with Crippen molar-refractivity contribution in [1.82, 2.24) is 0 Å². The molecular weight excluding hydrogens is 208 g/mol. The summed E-state index contributed by atoms with van der Waals surface area (Å²) in [6, 6.07) is 6.04. The quantitative estimate of drug-likeness (QED) is 0.419. The average Bonchev–Trinajstić information content (AvgIpc) is 2.31. The molecule has 0 spiro atoms. The number of rotatable bonds is 6. The molecule has 0 saturated carbocycles. The highest BCUT2D eigenvalue weighted by molar-refractivity contribution is 6.80. The fraction of sp³-hybridized carbons (Fsp3) is 0.733. The summed E-state index contributed by atoms with van der Waals surface area (Å²) in [5, 5.41) is 0. The van der Waals surface area contributed by atoms with E-state index in [1.807, 2.05) is 0 Å². The van der Waals surface area contributed by atoms with Crippen molar-refractivity contribution in [2.24, 2.45) is 0 Å². The monoisotopic (exact) mass is 236 g/mol. The minimum Gasteiger partial charge on any atom is -0.0912 e. The van der Waals surface area contributed by atoms with E-state index in [-0.39, 0.29) is 0 Å². The van der Waals surface area contributed by atoms with Gasteiger partial charge in [-0.15, -0.1) is 0 Å². The average molecular weight is 236 g/mol. The van der Waals surface area contributed by atoms with E-state index in [2.05, 4.69) is 38.2 Å². The first kappa shape index (κ1) is 13.8. The van der Waals surface area contributed by atoms with Crippen molar-refractivity contribution in [1.29, 1.82) is 0 Å². The first-order valence-corrected chi connectivity index (χ1v) is 9.96. The molecule has 0 aromatic carbocycles. The third kappa shape index (κ3) is 4.69. The minimum atomic E-state index is -0.931. The third-order valence-corrected chi connectivity index (χ3v) is 8.85. The van der Waals surface area contributed by atoms with Crippen molar-refractivity contribution < 1.29 is 0 Å². The van der Waals surface area contributed by atoms with Gasteiger partial charge in [-0.05, 0) is 24.9 Å². The van der Waals surface area contributed by atoms with E-state index >= 15 is 0 Å². The Morgan fingerprint density at radius 1 is 0.750 bits per heavy atom. The largest absolute Gasteiger partial charge is 0.0912 e. The van der Waals surface area contributed by atoms with Gasteiger partial charge in [0.2, 0.25) is 0 Å². The fourth-order valence-corrected chi connectivity index (χ4v) is 7.36. The highest BCUT2D eigenvalue weighted by atomic mass is 28.3. The molecule has 0 atom stereocenters. The van der Waals surface area contributed by atoms with Crippen molar-refractivity contribution in [3.63, 3.8) is 0 Å². The lowest BCUT2D eigenvalue weighted by atomic mass is 10.3. The van der Waals surface area contributed by atoms with Gasteiger partial charge in [-0.2, -0.15) is 0 Å². The summed E-state index contributed by atoms with van der Waals surface area (Å²) in [6.45, 7) is 4.48. The van der Waals surface area contributed by atoms with E-state index in [9.17, 15) is 0 Å². The van der Waals surface area contributed by atoms with E-state index in [0.717, 1.165) is 0 Å². The lowest BCUT2D eigenvalue weighted by molar-refractivity contribution is 0.707. The summed E-state index contributed by atoms with van der Waals surface area (Å²) in [5.74, 6) is 0. The van der Waals surface area contributed by atoms with Crippen molar-refractivity contribution in [3.8, 4) is 0 Å². The van der Waals surface area contributed by atoms with Crippen LogP contribution in [0.5, 0.6) is 0 Å². The molecule has 0 nitrogen and oxygen atoms in total. The summed E-state index contributed by atoms with van der Waals surface area (Å²) >= 11 is 0. The lowest BCUT2D eigenvalue weighted by Gasteiger charge is -2.33. The zero-order chi connectivity index (χ0) is 11.7. The summed E-state index contributed by atoms with van der Waals surface area (Å²) < 4.78 is 0. The molecule has 0 aromatic heterocycles. The molecule has 0 aromatic rings. The van der Waals surface area contributed by atoms with Crippen LogP contribution in [0.4, 0.5) is 0 Å². The Hall–Kier alpha value is -0.303. The second-order valence-corrected chi connectivity index (χ2v) is 10.0. The van der Waals surface area contributed by atoms with Crippen LogP contribution in [0.25, 0.3) is 0 Å². The molecule has 0 N–H and O–H groups in total. The zero-order valence-electron chi connectivity index (χ0n) is 11.2. The van der Waals surface area contributed by atoms with Crippen molar-refractivity contribution >= 4 is 8.07 Å². The number of hydrogen-bond donors (Lipinski definition) is 0. The van der Waals surface area contributed by atoms with Crippen molar-refractivity contribution in [2.75, 3.05) is 0 Å². The van der Waals surface area contributed by atoms with Gasteiger partial charge in [0.25, 0.3) is 0 Å². The predicted octanol–water partition coefficient (Wildman–Crippen LogP) is 5.55. The molecule has 1 heteroatoms. The predicted molar refractivity (Wildman–Crippen MR) is 77.7 cm³/mol. The van der Waals surface area contributed by atoms with E-state index in [4.69, 9.17) is 0 Å².